The van der Waals surface area contributed by atoms with E-state index in [4.69, 9.17) is 9.84 Å². The molecule has 2 atom stereocenters. The van der Waals surface area contributed by atoms with Gasteiger partial charge in [-0.1, -0.05) is 18.2 Å². The first-order valence-electron chi connectivity index (χ1n) is 7.14. The molecule has 6 heteroatoms. The maximum atomic E-state index is 12.1. The second-order valence-corrected chi connectivity index (χ2v) is 5.56. The summed E-state index contributed by atoms with van der Waals surface area (Å²) >= 11 is 0. The summed E-state index contributed by atoms with van der Waals surface area (Å²) in [5.74, 6) is 0.188. The lowest BCUT2D eigenvalue weighted by atomic mass is 10.1. The highest BCUT2D eigenvalue weighted by molar-refractivity contribution is 5.76. The van der Waals surface area contributed by atoms with Crippen molar-refractivity contribution in [2.75, 3.05) is 6.61 Å². The number of benzene rings is 1. The van der Waals surface area contributed by atoms with Crippen LogP contribution in [0.25, 0.3) is 0 Å². The summed E-state index contributed by atoms with van der Waals surface area (Å²) in [4.78, 5) is 22.9. The number of carboxylic acid groups (broad SMARTS) is 1. The largest absolute Gasteiger partial charge is 0.491 e. The molecule has 112 valence electrons. The Morgan fingerprint density at radius 3 is 2.81 bits per heavy atom. The van der Waals surface area contributed by atoms with Crippen LogP contribution in [0.4, 0.5) is 4.79 Å². The molecule has 6 nitrogen and oxygen atoms in total. The molecule has 21 heavy (non-hydrogen) atoms. The summed E-state index contributed by atoms with van der Waals surface area (Å²) in [7, 11) is 0. The minimum atomic E-state index is -0.887. The van der Waals surface area contributed by atoms with Crippen molar-refractivity contribution in [3.8, 4) is 5.75 Å². The molecule has 1 fully saturated rings. The van der Waals surface area contributed by atoms with E-state index in [9.17, 15) is 9.59 Å². The maximum absolute atomic E-state index is 12.1. The number of fused-ring (bicyclic) bond motifs is 1. The normalized spacial score (nSPS) is 21.0. The second kappa shape index (κ2) is 5.63. The molecule has 1 aliphatic carbocycles. The molecule has 1 aromatic carbocycles. The molecule has 0 spiro atoms. The number of nitrogens with one attached hydrogen (secondary N) is 2. The van der Waals surface area contributed by atoms with Gasteiger partial charge in [-0.2, -0.15) is 0 Å². The van der Waals surface area contributed by atoms with Crippen molar-refractivity contribution in [3.05, 3.63) is 29.8 Å². The molecule has 2 amide bonds. The topological polar surface area (TPSA) is 87.7 Å². The Bertz CT molecular complexity index is 556. The van der Waals surface area contributed by atoms with Crippen molar-refractivity contribution in [2.45, 2.75) is 31.3 Å². The molecule has 1 aromatic rings. The fourth-order valence-electron chi connectivity index (χ4n) is 2.67. The lowest BCUT2D eigenvalue weighted by Gasteiger charge is -2.19. The van der Waals surface area contributed by atoms with Crippen LogP contribution in [0, 0.1) is 5.92 Å². The van der Waals surface area contributed by atoms with Crippen LogP contribution in [0.2, 0.25) is 0 Å². The zero-order valence-electron chi connectivity index (χ0n) is 11.5. The molecule has 0 bridgehead atoms. The predicted molar refractivity (Wildman–Crippen MR) is 75.1 cm³/mol. The summed E-state index contributed by atoms with van der Waals surface area (Å²) in [6, 6.07) is 6.76. The summed E-state index contributed by atoms with van der Waals surface area (Å²) in [5.41, 5.74) is 0.953. The van der Waals surface area contributed by atoms with E-state index in [2.05, 4.69) is 10.6 Å². The summed E-state index contributed by atoms with van der Waals surface area (Å²) in [5, 5.41) is 14.5. The highest BCUT2D eigenvalue weighted by atomic mass is 16.5. The zero-order valence-corrected chi connectivity index (χ0v) is 11.5. The van der Waals surface area contributed by atoms with E-state index in [1.54, 1.807) is 0 Å². The van der Waals surface area contributed by atoms with E-state index >= 15 is 0 Å². The van der Waals surface area contributed by atoms with E-state index in [0.717, 1.165) is 24.2 Å². The van der Waals surface area contributed by atoms with Crippen molar-refractivity contribution in [1.29, 1.82) is 0 Å². The van der Waals surface area contributed by atoms with Crippen molar-refractivity contribution in [1.82, 2.24) is 10.6 Å². The standard InChI is InChI=1S/C15H18N2O4/c18-14(19)7-11(9-5-6-9)16-15(20)17-12-8-21-13-4-2-1-3-10(12)13/h1-4,9,11-12H,5-8H2,(H,18,19)(H2,16,17,20). The van der Waals surface area contributed by atoms with Gasteiger partial charge in [-0.15, -0.1) is 0 Å². The number of para-hydroxylation sites is 1. The van der Waals surface area contributed by atoms with E-state index < -0.39 is 5.97 Å². The van der Waals surface area contributed by atoms with Crippen molar-refractivity contribution >= 4 is 12.0 Å². The fraction of sp³-hybridized carbons (Fsp3) is 0.467. The highest BCUT2D eigenvalue weighted by Gasteiger charge is 2.34. The molecule has 0 saturated heterocycles. The lowest BCUT2D eigenvalue weighted by molar-refractivity contribution is -0.137. The minimum absolute atomic E-state index is 0.0319. The van der Waals surface area contributed by atoms with E-state index in [1.807, 2.05) is 24.3 Å². The third-order valence-corrected chi connectivity index (χ3v) is 3.91. The third kappa shape index (κ3) is 3.26. The first-order valence-corrected chi connectivity index (χ1v) is 7.14. The Labute approximate surface area is 122 Å². The number of rotatable bonds is 5. The predicted octanol–water partition coefficient (Wildman–Crippen LogP) is 1.67. The van der Waals surface area contributed by atoms with Crippen LogP contribution >= 0.6 is 0 Å². The van der Waals surface area contributed by atoms with Gasteiger partial charge in [-0.3, -0.25) is 4.79 Å². The Morgan fingerprint density at radius 1 is 1.33 bits per heavy atom. The number of ether oxygens (including phenoxy) is 1. The van der Waals surface area contributed by atoms with Crippen LogP contribution in [0.5, 0.6) is 5.75 Å². The van der Waals surface area contributed by atoms with Gasteiger partial charge in [-0.25, -0.2) is 4.79 Å². The van der Waals surface area contributed by atoms with Crippen LogP contribution in [-0.2, 0) is 4.79 Å². The molecule has 2 aliphatic rings. The van der Waals surface area contributed by atoms with E-state index in [0.29, 0.717) is 12.5 Å². The molecule has 1 saturated carbocycles. The Kier molecular flexibility index (Phi) is 3.68. The molecule has 3 N–H and O–H groups in total. The van der Waals surface area contributed by atoms with Gasteiger partial charge >= 0.3 is 12.0 Å². The number of hydrogen-bond donors (Lipinski definition) is 3. The van der Waals surface area contributed by atoms with Crippen molar-refractivity contribution < 1.29 is 19.4 Å². The van der Waals surface area contributed by atoms with Crippen LogP contribution in [0.1, 0.15) is 30.9 Å². The summed E-state index contributed by atoms with van der Waals surface area (Å²) in [6.07, 6.45) is 1.93. The molecule has 3 rings (SSSR count). The molecule has 2 unspecified atom stereocenters. The smallest absolute Gasteiger partial charge is 0.315 e. The molecule has 0 aromatic heterocycles. The van der Waals surface area contributed by atoms with Crippen LogP contribution in [0.3, 0.4) is 0 Å². The van der Waals surface area contributed by atoms with Gasteiger partial charge < -0.3 is 20.5 Å². The molecule has 1 aliphatic heterocycles. The van der Waals surface area contributed by atoms with Gasteiger partial charge in [0.1, 0.15) is 12.4 Å². The first kappa shape index (κ1) is 13.7. The van der Waals surface area contributed by atoms with Crippen molar-refractivity contribution in [3.63, 3.8) is 0 Å². The van der Waals surface area contributed by atoms with Gasteiger partial charge in [0, 0.05) is 11.6 Å². The summed E-state index contributed by atoms with van der Waals surface area (Å²) < 4.78 is 5.50. The quantitative estimate of drug-likeness (QED) is 0.770. The number of hydrogen-bond acceptors (Lipinski definition) is 3. The third-order valence-electron chi connectivity index (χ3n) is 3.91. The monoisotopic (exact) mass is 290 g/mol. The average Bonchev–Trinajstić information content (AvgIpc) is 3.21. The van der Waals surface area contributed by atoms with Crippen LogP contribution in [-0.4, -0.2) is 29.8 Å². The van der Waals surface area contributed by atoms with Crippen molar-refractivity contribution in [2.24, 2.45) is 5.92 Å². The number of carboxylic acids is 1. The lowest BCUT2D eigenvalue weighted by Crippen LogP contribution is -2.45. The fourth-order valence-corrected chi connectivity index (χ4v) is 2.67. The zero-order chi connectivity index (χ0) is 14.8. The SMILES string of the molecule is O=C(O)CC(NC(=O)NC1COc2ccccc21)C1CC1. The molecule has 0 radical (unpaired) electrons. The van der Waals surface area contributed by atoms with Gasteiger partial charge in [0.15, 0.2) is 0 Å². The van der Waals surface area contributed by atoms with Gasteiger partial charge in [-0.05, 0) is 24.8 Å². The molecular formula is C15H18N2O4. The number of amides is 2. The number of aliphatic carboxylic acids is 1. The number of carbonyl (C=O) groups is 2. The van der Waals surface area contributed by atoms with E-state index in [1.165, 1.54) is 0 Å². The van der Waals surface area contributed by atoms with Crippen LogP contribution in [0.15, 0.2) is 24.3 Å². The Hall–Kier alpha value is -2.24. The number of carbonyl (C=O) groups excluding carboxylic acids is 1. The molecule has 1 heterocycles. The average molecular weight is 290 g/mol. The second-order valence-electron chi connectivity index (χ2n) is 5.56. The Balaban J connectivity index is 1.58. The van der Waals surface area contributed by atoms with Crippen LogP contribution < -0.4 is 15.4 Å². The Morgan fingerprint density at radius 2 is 2.10 bits per heavy atom. The summed E-state index contributed by atoms with van der Waals surface area (Å²) in [6.45, 7) is 0.403. The number of urea groups is 1. The van der Waals surface area contributed by atoms with Gasteiger partial charge in [0.2, 0.25) is 0 Å². The first-order chi connectivity index (χ1) is 10.1. The van der Waals surface area contributed by atoms with E-state index in [-0.39, 0.29) is 24.5 Å². The molecular weight excluding hydrogens is 272 g/mol. The maximum Gasteiger partial charge on any atom is 0.315 e. The van der Waals surface area contributed by atoms with Gasteiger partial charge in [0.25, 0.3) is 0 Å². The highest BCUT2D eigenvalue weighted by Crippen LogP contribution is 2.34. The minimum Gasteiger partial charge on any atom is -0.491 e. The van der Waals surface area contributed by atoms with Gasteiger partial charge in [0.05, 0.1) is 12.5 Å².